The molecule has 98 valence electrons. The molecule has 0 aromatic heterocycles. The van der Waals surface area contributed by atoms with Crippen molar-refractivity contribution in [2.24, 2.45) is 0 Å². The Balaban J connectivity index is 3.12. The number of carbonyl (C=O) groups excluding carboxylic acids is 2. The minimum absolute atomic E-state index is 0.162. The lowest BCUT2D eigenvalue weighted by Crippen LogP contribution is -2.11. The molecular formula is C13H17NO4. The number of carbonyl (C=O) groups is 2. The Bertz CT molecular complexity index is 468. The van der Waals surface area contributed by atoms with E-state index < -0.39 is 0 Å². The Labute approximate surface area is 106 Å². The molecule has 0 aliphatic carbocycles. The van der Waals surface area contributed by atoms with Gasteiger partial charge >= 0.3 is 0 Å². The third kappa shape index (κ3) is 3.23. The molecule has 0 saturated heterocycles. The minimum atomic E-state index is -0.212. The first kappa shape index (κ1) is 14.0. The molecule has 1 aromatic rings. The molecule has 0 radical (unpaired) electrons. The van der Waals surface area contributed by atoms with Gasteiger partial charge in [-0.3, -0.25) is 9.59 Å². The van der Waals surface area contributed by atoms with Gasteiger partial charge in [0.1, 0.15) is 0 Å². The fourth-order valence-corrected chi connectivity index (χ4v) is 1.50. The Morgan fingerprint density at radius 2 is 2.06 bits per heavy atom. The van der Waals surface area contributed by atoms with Gasteiger partial charge in [-0.15, -0.1) is 0 Å². The third-order valence-electron chi connectivity index (χ3n) is 2.45. The number of hydrogen-bond donors (Lipinski definition) is 2. The van der Waals surface area contributed by atoms with Crippen molar-refractivity contribution in [3.05, 3.63) is 17.7 Å². The number of amides is 1. The molecule has 0 spiro atoms. The van der Waals surface area contributed by atoms with E-state index in [2.05, 4.69) is 5.32 Å². The molecule has 18 heavy (non-hydrogen) atoms. The number of ether oxygens (including phenoxy) is 1. The summed E-state index contributed by atoms with van der Waals surface area (Å²) in [7, 11) is 1.39. The summed E-state index contributed by atoms with van der Waals surface area (Å²) >= 11 is 0. The molecule has 1 rings (SSSR count). The van der Waals surface area contributed by atoms with Crippen molar-refractivity contribution in [3.63, 3.8) is 0 Å². The SMILES string of the molecule is CCCC(=O)Nc1cc(C(C)=O)cc(OC)c1O. The van der Waals surface area contributed by atoms with Crippen LogP contribution in [0.5, 0.6) is 11.5 Å². The van der Waals surface area contributed by atoms with Crippen LogP contribution in [0.2, 0.25) is 0 Å². The second-order valence-electron chi connectivity index (χ2n) is 3.93. The quantitative estimate of drug-likeness (QED) is 0.622. The predicted molar refractivity (Wildman–Crippen MR) is 68.2 cm³/mol. The number of Topliss-reactive ketones (excluding diaryl/α,β-unsaturated/α-hetero) is 1. The summed E-state index contributed by atoms with van der Waals surface area (Å²) in [5.74, 6) is -0.392. The van der Waals surface area contributed by atoms with Gasteiger partial charge in [0, 0.05) is 12.0 Å². The van der Waals surface area contributed by atoms with Crippen LogP contribution in [0.15, 0.2) is 12.1 Å². The highest BCUT2D eigenvalue weighted by Gasteiger charge is 2.14. The number of rotatable bonds is 5. The van der Waals surface area contributed by atoms with Crippen molar-refractivity contribution in [1.82, 2.24) is 0 Å². The van der Waals surface area contributed by atoms with Crippen LogP contribution >= 0.6 is 0 Å². The molecule has 0 aliphatic heterocycles. The molecule has 0 heterocycles. The van der Waals surface area contributed by atoms with Crippen LogP contribution in [0.25, 0.3) is 0 Å². The van der Waals surface area contributed by atoms with E-state index in [1.807, 2.05) is 6.92 Å². The first-order chi connectivity index (χ1) is 8.49. The molecule has 0 bridgehead atoms. The van der Waals surface area contributed by atoms with E-state index in [-0.39, 0.29) is 28.9 Å². The molecule has 5 nitrogen and oxygen atoms in total. The second-order valence-corrected chi connectivity index (χ2v) is 3.93. The minimum Gasteiger partial charge on any atom is -0.503 e. The van der Waals surface area contributed by atoms with E-state index in [0.717, 1.165) is 0 Å². The van der Waals surface area contributed by atoms with Crippen LogP contribution < -0.4 is 10.1 Å². The van der Waals surface area contributed by atoms with E-state index >= 15 is 0 Å². The average Bonchev–Trinajstić information content (AvgIpc) is 2.31. The Hall–Kier alpha value is -2.04. The van der Waals surface area contributed by atoms with Crippen molar-refractivity contribution in [1.29, 1.82) is 0 Å². The fourth-order valence-electron chi connectivity index (χ4n) is 1.50. The highest BCUT2D eigenvalue weighted by molar-refractivity contribution is 5.99. The smallest absolute Gasteiger partial charge is 0.224 e. The topological polar surface area (TPSA) is 75.6 Å². The average molecular weight is 251 g/mol. The number of anilines is 1. The maximum atomic E-state index is 11.5. The largest absolute Gasteiger partial charge is 0.503 e. The van der Waals surface area contributed by atoms with Crippen LogP contribution in [0, 0.1) is 0 Å². The molecule has 5 heteroatoms. The number of phenolic OH excluding ortho intramolecular Hbond substituents is 1. The molecule has 0 fully saturated rings. The van der Waals surface area contributed by atoms with Gasteiger partial charge in [-0.25, -0.2) is 0 Å². The molecule has 1 aromatic carbocycles. The monoisotopic (exact) mass is 251 g/mol. The van der Waals surface area contributed by atoms with E-state index in [0.29, 0.717) is 18.4 Å². The fraction of sp³-hybridized carbons (Fsp3) is 0.385. The van der Waals surface area contributed by atoms with Gasteiger partial charge in [0.05, 0.1) is 12.8 Å². The predicted octanol–water partition coefficient (Wildman–Crippen LogP) is 2.34. The van der Waals surface area contributed by atoms with Gasteiger partial charge in [-0.2, -0.15) is 0 Å². The van der Waals surface area contributed by atoms with Crippen molar-refractivity contribution in [2.75, 3.05) is 12.4 Å². The third-order valence-corrected chi connectivity index (χ3v) is 2.45. The van der Waals surface area contributed by atoms with Gasteiger partial charge in [-0.1, -0.05) is 6.92 Å². The Morgan fingerprint density at radius 1 is 1.39 bits per heavy atom. The summed E-state index contributed by atoms with van der Waals surface area (Å²) in [6.45, 7) is 3.29. The van der Waals surface area contributed by atoms with Gasteiger partial charge < -0.3 is 15.2 Å². The van der Waals surface area contributed by atoms with Crippen molar-refractivity contribution in [3.8, 4) is 11.5 Å². The maximum absolute atomic E-state index is 11.5. The second kappa shape index (κ2) is 6.05. The van der Waals surface area contributed by atoms with E-state index in [1.54, 1.807) is 0 Å². The number of ketones is 1. The zero-order chi connectivity index (χ0) is 13.7. The number of hydrogen-bond acceptors (Lipinski definition) is 4. The Morgan fingerprint density at radius 3 is 2.56 bits per heavy atom. The van der Waals surface area contributed by atoms with Crippen molar-refractivity contribution in [2.45, 2.75) is 26.7 Å². The van der Waals surface area contributed by atoms with Crippen LogP contribution in [0.1, 0.15) is 37.0 Å². The van der Waals surface area contributed by atoms with Gasteiger partial charge in [-0.05, 0) is 25.5 Å². The number of phenols is 1. The normalized spacial score (nSPS) is 9.94. The molecule has 1 amide bonds. The summed E-state index contributed by atoms with van der Waals surface area (Å²) in [5, 5.41) is 12.4. The van der Waals surface area contributed by atoms with Crippen molar-refractivity contribution < 1.29 is 19.4 Å². The van der Waals surface area contributed by atoms with Crippen LogP contribution in [-0.4, -0.2) is 23.9 Å². The number of nitrogens with one attached hydrogen (secondary N) is 1. The standard InChI is InChI=1S/C13H17NO4/c1-4-5-12(16)14-10-6-9(8(2)15)7-11(18-3)13(10)17/h6-7,17H,4-5H2,1-3H3,(H,14,16). The molecule has 0 saturated carbocycles. The van der Waals surface area contributed by atoms with E-state index in [4.69, 9.17) is 4.74 Å². The lowest BCUT2D eigenvalue weighted by Gasteiger charge is -2.12. The molecule has 2 N–H and O–H groups in total. The summed E-state index contributed by atoms with van der Waals surface area (Å²) in [4.78, 5) is 22.8. The van der Waals surface area contributed by atoms with Crippen LogP contribution in [0.4, 0.5) is 5.69 Å². The molecular weight excluding hydrogens is 234 g/mol. The number of methoxy groups -OCH3 is 1. The summed E-state index contributed by atoms with van der Waals surface area (Å²) in [5.41, 5.74) is 0.564. The Kier molecular flexibility index (Phi) is 4.71. The zero-order valence-electron chi connectivity index (χ0n) is 10.7. The van der Waals surface area contributed by atoms with Crippen molar-refractivity contribution >= 4 is 17.4 Å². The molecule has 0 unspecified atom stereocenters. The van der Waals surface area contributed by atoms with Crippen LogP contribution in [-0.2, 0) is 4.79 Å². The summed E-state index contributed by atoms with van der Waals surface area (Å²) < 4.78 is 4.96. The molecule has 0 aliphatic rings. The number of benzene rings is 1. The lowest BCUT2D eigenvalue weighted by molar-refractivity contribution is -0.116. The first-order valence-electron chi connectivity index (χ1n) is 5.71. The number of aromatic hydroxyl groups is 1. The summed E-state index contributed by atoms with van der Waals surface area (Å²) in [6, 6.07) is 2.88. The summed E-state index contributed by atoms with van der Waals surface area (Å²) in [6.07, 6.45) is 1.06. The van der Waals surface area contributed by atoms with Gasteiger partial charge in [0.25, 0.3) is 0 Å². The maximum Gasteiger partial charge on any atom is 0.224 e. The highest BCUT2D eigenvalue weighted by Crippen LogP contribution is 2.35. The van der Waals surface area contributed by atoms with E-state index in [1.165, 1.54) is 26.2 Å². The van der Waals surface area contributed by atoms with E-state index in [9.17, 15) is 14.7 Å². The molecule has 0 atom stereocenters. The van der Waals surface area contributed by atoms with Gasteiger partial charge in [0.15, 0.2) is 17.3 Å². The van der Waals surface area contributed by atoms with Crippen LogP contribution in [0.3, 0.4) is 0 Å². The zero-order valence-corrected chi connectivity index (χ0v) is 10.7. The highest BCUT2D eigenvalue weighted by atomic mass is 16.5. The first-order valence-corrected chi connectivity index (χ1v) is 5.71. The lowest BCUT2D eigenvalue weighted by atomic mass is 10.1. The van der Waals surface area contributed by atoms with Gasteiger partial charge in [0.2, 0.25) is 5.91 Å².